The Morgan fingerprint density at radius 1 is 1.23 bits per heavy atom. The van der Waals surface area contributed by atoms with Crippen LogP contribution in [0.1, 0.15) is 31.4 Å². The highest BCUT2D eigenvalue weighted by Gasteiger charge is 2.19. The number of nitrogens with one attached hydrogen (secondary N) is 1. The van der Waals surface area contributed by atoms with E-state index < -0.39 is 0 Å². The number of rotatable bonds is 7. The van der Waals surface area contributed by atoms with Gasteiger partial charge in [-0.05, 0) is 54.8 Å². The predicted molar refractivity (Wildman–Crippen MR) is 127 cm³/mol. The van der Waals surface area contributed by atoms with Crippen LogP contribution < -0.4 is 10.9 Å². The van der Waals surface area contributed by atoms with Crippen LogP contribution in [0, 0.1) is 19.8 Å². The van der Waals surface area contributed by atoms with Gasteiger partial charge >= 0.3 is 0 Å². The molecule has 3 heterocycles. The molecule has 0 aliphatic carbocycles. The van der Waals surface area contributed by atoms with Crippen LogP contribution >= 0.6 is 23.1 Å². The number of aromatic nitrogens is 4. The summed E-state index contributed by atoms with van der Waals surface area (Å²) in [5, 5.41) is 14.1. The van der Waals surface area contributed by atoms with Crippen molar-refractivity contribution in [3.8, 4) is 0 Å². The van der Waals surface area contributed by atoms with Gasteiger partial charge in [-0.2, -0.15) is 0 Å². The summed E-state index contributed by atoms with van der Waals surface area (Å²) in [6.07, 6.45) is 0.875. The average molecular weight is 456 g/mol. The molecule has 0 atom stereocenters. The van der Waals surface area contributed by atoms with Gasteiger partial charge in [-0.3, -0.25) is 18.6 Å². The Morgan fingerprint density at radius 3 is 2.81 bits per heavy atom. The Bertz CT molecular complexity index is 1320. The monoisotopic (exact) mass is 455 g/mol. The number of thioether (sulfide) groups is 1. The van der Waals surface area contributed by atoms with Gasteiger partial charge < -0.3 is 5.32 Å². The average Bonchev–Trinajstić information content (AvgIpc) is 3.36. The van der Waals surface area contributed by atoms with Crippen molar-refractivity contribution in [2.75, 3.05) is 11.1 Å². The van der Waals surface area contributed by atoms with Crippen LogP contribution in [0.4, 0.5) is 5.69 Å². The molecule has 9 heteroatoms. The van der Waals surface area contributed by atoms with Crippen molar-refractivity contribution in [2.24, 2.45) is 5.92 Å². The lowest BCUT2D eigenvalue weighted by Crippen LogP contribution is -2.23. The maximum atomic E-state index is 13.0. The van der Waals surface area contributed by atoms with Crippen LogP contribution in [0.5, 0.6) is 0 Å². The van der Waals surface area contributed by atoms with Gasteiger partial charge in [0.2, 0.25) is 11.7 Å². The number of hydrogen-bond donors (Lipinski definition) is 1. The molecule has 31 heavy (non-hydrogen) atoms. The standard InChI is InChI=1S/C22H25N5O2S2/c1-13(2)7-9-26-20(29)19-17(8-10-30-19)27-21(26)24-25-22(27)31-12-18(28)23-16-11-14(3)5-6-15(16)4/h5-6,8,10-11,13H,7,9,12H2,1-4H3,(H,23,28). The molecule has 1 N–H and O–H groups in total. The molecule has 4 aromatic rings. The minimum Gasteiger partial charge on any atom is -0.325 e. The molecule has 7 nitrogen and oxygen atoms in total. The number of fused-ring (bicyclic) bond motifs is 3. The van der Waals surface area contributed by atoms with Crippen molar-refractivity contribution in [1.29, 1.82) is 0 Å². The van der Waals surface area contributed by atoms with E-state index >= 15 is 0 Å². The van der Waals surface area contributed by atoms with Crippen LogP contribution in [0.15, 0.2) is 39.6 Å². The van der Waals surface area contributed by atoms with Gasteiger partial charge in [-0.25, -0.2) is 0 Å². The first-order chi connectivity index (χ1) is 14.8. The molecule has 3 aromatic heterocycles. The molecule has 0 saturated carbocycles. The first-order valence-electron chi connectivity index (χ1n) is 10.2. The number of thiophene rings is 1. The van der Waals surface area contributed by atoms with Crippen LogP contribution in [0.25, 0.3) is 16.0 Å². The van der Waals surface area contributed by atoms with Crippen molar-refractivity contribution in [1.82, 2.24) is 19.2 Å². The van der Waals surface area contributed by atoms with E-state index in [2.05, 4.69) is 29.4 Å². The van der Waals surface area contributed by atoms with E-state index in [-0.39, 0.29) is 17.2 Å². The van der Waals surface area contributed by atoms with Gasteiger partial charge in [-0.15, -0.1) is 21.5 Å². The molecule has 0 spiro atoms. The van der Waals surface area contributed by atoms with Crippen molar-refractivity contribution < 1.29 is 4.79 Å². The second-order valence-electron chi connectivity index (χ2n) is 8.05. The highest BCUT2D eigenvalue weighted by atomic mass is 32.2. The van der Waals surface area contributed by atoms with Crippen LogP contribution in [0.2, 0.25) is 0 Å². The molecule has 162 valence electrons. The highest BCUT2D eigenvalue weighted by molar-refractivity contribution is 7.99. The summed E-state index contributed by atoms with van der Waals surface area (Å²) in [5.74, 6) is 1.08. The third-order valence-electron chi connectivity index (χ3n) is 5.11. The third-order valence-corrected chi connectivity index (χ3v) is 6.93. The maximum absolute atomic E-state index is 13.0. The Kier molecular flexibility index (Phi) is 6.15. The van der Waals surface area contributed by atoms with E-state index in [1.807, 2.05) is 47.9 Å². The fourth-order valence-electron chi connectivity index (χ4n) is 3.37. The SMILES string of the molecule is Cc1ccc(C)c(NC(=O)CSc2nnc3n(CCC(C)C)c(=O)c4sccc4n23)c1. The second kappa shape index (κ2) is 8.84. The summed E-state index contributed by atoms with van der Waals surface area (Å²) < 4.78 is 4.27. The van der Waals surface area contributed by atoms with Crippen molar-refractivity contribution >= 4 is 50.7 Å². The minimum atomic E-state index is -0.106. The van der Waals surface area contributed by atoms with Gasteiger partial charge in [0.15, 0.2) is 5.16 Å². The Morgan fingerprint density at radius 2 is 2.03 bits per heavy atom. The van der Waals surface area contributed by atoms with Gasteiger partial charge in [0.05, 0.1) is 11.3 Å². The van der Waals surface area contributed by atoms with E-state index in [4.69, 9.17) is 0 Å². The third kappa shape index (κ3) is 4.38. The molecule has 0 aliphatic heterocycles. The number of nitrogens with zero attached hydrogens (tertiary/aromatic N) is 4. The van der Waals surface area contributed by atoms with E-state index in [0.29, 0.717) is 28.1 Å². The normalized spacial score (nSPS) is 11.6. The van der Waals surface area contributed by atoms with Crippen LogP contribution in [-0.2, 0) is 11.3 Å². The van der Waals surface area contributed by atoms with Crippen molar-refractivity contribution in [3.63, 3.8) is 0 Å². The van der Waals surface area contributed by atoms with E-state index in [1.54, 1.807) is 4.57 Å². The molecular formula is C22H25N5O2S2. The molecule has 4 rings (SSSR count). The molecular weight excluding hydrogens is 430 g/mol. The summed E-state index contributed by atoms with van der Waals surface area (Å²) in [6, 6.07) is 7.89. The lowest BCUT2D eigenvalue weighted by atomic mass is 10.1. The van der Waals surface area contributed by atoms with E-state index in [1.165, 1.54) is 23.1 Å². The number of amides is 1. The van der Waals surface area contributed by atoms with E-state index in [9.17, 15) is 9.59 Å². The smallest absolute Gasteiger partial charge is 0.272 e. The van der Waals surface area contributed by atoms with Gasteiger partial charge in [0, 0.05) is 12.2 Å². The second-order valence-corrected chi connectivity index (χ2v) is 9.91. The summed E-state index contributed by atoms with van der Waals surface area (Å²) >= 11 is 2.74. The quantitative estimate of drug-likeness (QED) is 0.415. The number of aryl methyl sites for hydroxylation is 3. The first-order valence-corrected chi connectivity index (χ1v) is 12.1. The zero-order valence-electron chi connectivity index (χ0n) is 18.0. The summed E-state index contributed by atoms with van der Waals surface area (Å²) in [7, 11) is 0. The fraction of sp³-hybridized carbons (Fsp3) is 0.364. The molecule has 0 fully saturated rings. The number of carbonyl (C=O) groups is 1. The van der Waals surface area contributed by atoms with Crippen molar-refractivity contribution in [3.05, 3.63) is 51.1 Å². The predicted octanol–water partition coefficient (Wildman–Crippen LogP) is 4.50. The minimum absolute atomic E-state index is 0.0326. The topological polar surface area (TPSA) is 81.3 Å². The zero-order valence-corrected chi connectivity index (χ0v) is 19.6. The molecule has 0 bridgehead atoms. The lowest BCUT2D eigenvalue weighted by Gasteiger charge is -2.11. The summed E-state index contributed by atoms with van der Waals surface area (Å²) in [6.45, 7) is 8.82. The Labute approximate surface area is 188 Å². The summed E-state index contributed by atoms with van der Waals surface area (Å²) in [4.78, 5) is 25.6. The van der Waals surface area contributed by atoms with Gasteiger partial charge in [0.25, 0.3) is 5.56 Å². The maximum Gasteiger partial charge on any atom is 0.272 e. The number of carbonyl (C=O) groups excluding carboxylic acids is 1. The molecule has 1 aromatic carbocycles. The number of anilines is 1. The van der Waals surface area contributed by atoms with E-state index in [0.717, 1.165) is 28.8 Å². The fourth-order valence-corrected chi connectivity index (χ4v) is 4.93. The zero-order chi connectivity index (χ0) is 22.1. The molecule has 0 aliphatic rings. The molecule has 0 unspecified atom stereocenters. The van der Waals surface area contributed by atoms with Crippen LogP contribution in [0.3, 0.4) is 0 Å². The largest absolute Gasteiger partial charge is 0.325 e. The molecule has 1 amide bonds. The molecule has 0 saturated heterocycles. The summed E-state index contributed by atoms with van der Waals surface area (Å²) in [5.41, 5.74) is 3.68. The number of hydrogen-bond acceptors (Lipinski definition) is 6. The lowest BCUT2D eigenvalue weighted by molar-refractivity contribution is -0.113. The molecule has 0 radical (unpaired) electrons. The highest BCUT2D eigenvalue weighted by Crippen LogP contribution is 2.25. The van der Waals surface area contributed by atoms with Crippen molar-refractivity contribution in [2.45, 2.75) is 45.8 Å². The van der Waals surface area contributed by atoms with Gasteiger partial charge in [0.1, 0.15) is 4.70 Å². The Balaban J connectivity index is 1.62. The van der Waals surface area contributed by atoms with Crippen LogP contribution in [-0.4, -0.2) is 30.8 Å². The Hall–Kier alpha value is -2.65. The first kappa shape index (κ1) is 21.6. The van der Waals surface area contributed by atoms with Gasteiger partial charge in [-0.1, -0.05) is 37.7 Å². The number of benzene rings is 1.